The Morgan fingerprint density at radius 1 is 1.07 bits per heavy atom. The van der Waals surface area contributed by atoms with E-state index in [0.29, 0.717) is 0 Å². The van der Waals surface area contributed by atoms with Crippen LogP contribution in [0, 0.1) is 25.1 Å². The summed E-state index contributed by atoms with van der Waals surface area (Å²) >= 11 is 0. The smallest absolute Gasteiger partial charge is 0.228 e. The van der Waals surface area contributed by atoms with Crippen LogP contribution in [0.4, 0.5) is 11.4 Å². The largest absolute Gasteiger partial charge is 0.230 e. The lowest BCUT2D eigenvalue weighted by atomic mass is 10.3. The van der Waals surface area contributed by atoms with Crippen LogP contribution in [0.1, 0.15) is 0 Å². The Bertz CT molecular complexity index is 388. The second kappa shape index (κ2) is 4.09. The number of hydrogen-bond acceptors (Lipinski definition) is 6. The first kappa shape index (κ1) is 10.5. The number of benzene rings is 1. The van der Waals surface area contributed by atoms with Crippen molar-refractivity contribution in [1.82, 2.24) is 0 Å². The molecule has 0 fully saturated rings. The average molecular weight is 212 g/mol. The molecule has 9 heteroatoms. The van der Waals surface area contributed by atoms with Crippen molar-refractivity contribution >= 4 is 11.4 Å². The van der Waals surface area contributed by atoms with Gasteiger partial charge in [-0.05, 0) is 29.4 Å². The SMILES string of the molecule is O=Nc1ccc(N([N+](=O)[O-])[N+](=O)[O-])cc1. The van der Waals surface area contributed by atoms with Crippen LogP contribution < -0.4 is 5.12 Å². The van der Waals surface area contributed by atoms with Crippen LogP contribution in [0.5, 0.6) is 0 Å². The molecule has 0 spiro atoms. The van der Waals surface area contributed by atoms with E-state index in [0.717, 1.165) is 24.3 Å². The van der Waals surface area contributed by atoms with E-state index in [1.807, 2.05) is 0 Å². The number of hydrazine groups is 2. The molecule has 0 aliphatic carbocycles. The zero-order valence-electron chi connectivity index (χ0n) is 7.14. The Kier molecular flexibility index (Phi) is 2.86. The minimum atomic E-state index is -1.18. The van der Waals surface area contributed by atoms with E-state index in [4.69, 9.17) is 0 Å². The fourth-order valence-corrected chi connectivity index (χ4v) is 0.895. The van der Waals surface area contributed by atoms with Gasteiger partial charge >= 0.3 is 0 Å². The van der Waals surface area contributed by atoms with Gasteiger partial charge in [-0.3, -0.25) is 0 Å². The second-order valence-corrected chi connectivity index (χ2v) is 2.37. The standard InChI is InChI=1S/C6H4N4O5/c11-7-5-1-3-6(4-2-5)8(9(12)13)10(14)15/h1-4H. The molecule has 1 aromatic rings. The van der Waals surface area contributed by atoms with Crippen molar-refractivity contribution in [1.29, 1.82) is 0 Å². The summed E-state index contributed by atoms with van der Waals surface area (Å²) in [5.74, 6) is 0. The average Bonchev–Trinajstić information content (AvgIpc) is 2.18. The van der Waals surface area contributed by atoms with Gasteiger partial charge in [0, 0.05) is 0 Å². The van der Waals surface area contributed by atoms with Gasteiger partial charge in [-0.1, -0.05) is 0 Å². The zero-order chi connectivity index (χ0) is 11.4. The molecule has 0 atom stereocenters. The first-order valence-corrected chi connectivity index (χ1v) is 3.58. The quantitative estimate of drug-likeness (QED) is 0.421. The Balaban J connectivity index is 3.07. The molecule has 0 radical (unpaired) electrons. The summed E-state index contributed by atoms with van der Waals surface area (Å²) < 4.78 is 0. The van der Waals surface area contributed by atoms with Gasteiger partial charge in [0.2, 0.25) is 10.1 Å². The Morgan fingerprint density at radius 2 is 1.53 bits per heavy atom. The summed E-state index contributed by atoms with van der Waals surface area (Å²) in [5, 5.41) is 20.5. The van der Waals surface area contributed by atoms with Gasteiger partial charge in [-0.2, -0.15) is 0 Å². The lowest BCUT2D eigenvalue weighted by Crippen LogP contribution is -2.35. The van der Waals surface area contributed by atoms with Crippen LogP contribution in [0.2, 0.25) is 0 Å². The molecule has 0 aromatic heterocycles. The maximum atomic E-state index is 10.3. The van der Waals surface area contributed by atoms with Crippen molar-refractivity contribution < 1.29 is 10.1 Å². The van der Waals surface area contributed by atoms with Crippen molar-refractivity contribution in [3.63, 3.8) is 0 Å². The highest BCUT2D eigenvalue weighted by molar-refractivity contribution is 5.49. The summed E-state index contributed by atoms with van der Waals surface area (Å²) in [6.07, 6.45) is 0. The van der Waals surface area contributed by atoms with Crippen LogP contribution in [0.15, 0.2) is 29.4 Å². The van der Waals surface area contributed by atoms with Gasteiger partial charge in [-0.25, -0.2) is 20.2 Å². The Morgan fingerprint density at radius 3 is 1.87 bits per heavy atom. The van der Waals surface area contributed by atoms with Crippen molar-refractivity contribution in [3.8, 4) is 0 Å². The minimum absolute atomic E-state index is 0.0328. The molecule has 0 N–H and O–H groups in total. The number of nitrogens with zero attached hydrogens (tertiary/aromatic N) is 4. The fraction of sp³-hybridized carbons (Fsp3) is 0. The van der Waals surface area contributed by atoms with Crippen molar-refractivity contribution in [2.75, 3.05) is 5.12 Å². The minimum Gasteiger partial charge on any atom is -0.230 e. The fourth-order valence-electron chi connectivity index (χ4n) is 0.895. The molecule has 9 nitrogen and oxygen atoms in total. The van der Waals surface area contributed by atoms with E-state index in [1.165, 1.54) is 0 Å². The molecule has 0 saturated heterocycles. The number of nitro groups is 2. The molecule has 0 unspecified atom stereocenters. The van der Waals surface area contributed by atoms with Crippen LogP contribution in [-0.2, 0) is 0 Å². The van der Waals surface area contributed by atoms with E-state index < -0.39 is 10.1 Å². The first-order valence-electron chi connectivity index (χ1n) is 3.58. The summed E-state index contributed by atoms with van der Waals surface area (Å²) in [5.41, 5.74) is -0.234. The van der Waals surface area contributed by atoms with Crippen molar-refractivity contribution in [3.05, 3.63) is 49.4 Å². The van der Waals surface area contributed by atoms with Gasteiger partial charge in [0.15, 0.2) is 10.8 Å². The van der Waals surface area contributed by atoms with Gasteiger partial charge < -0.3 is 0 Å². The molecule has 15 heavy (non-hydrogen) atoms. The first-order chi connectivity index (χ1) is 7.06. The number of hydrogen-bond donors (Lipinski definition) is 0. The monoisotopic (exact) mass is 212 g/mol. The van der Waals surface area contributed by atoms with Crippen LogP contribution in [-0.4, -0.2) is 10.1 Å². The van der Waals surface area contributed by atoms with Gasteiger partial charge in [0.1, 0.15) is 5.69 Å². The van der Waals surface area contributed by atoms with E-state index in [9.17, 15) is 25.1 Å². The topological polar surface area (TPSA) is 119 Å². The van der Waals surface area contributed by atoms with Gasteiger partial charge in [-0.15, -0.1) is 4.91 Å². The van der Waals surface area contributed by atoms with E-state index in [-0.39, 0.29) is 16.5 Å². The molecule has 0 aliphatic rings. The maximum Gasteiger partial charge on any atom is 0.228 e. The summed E-state index contributed by atoms with van der Waals surface area (Å²) in [6, 6.07) is 4.40. The molecular formula is C6H4N4O5. The number of nitroso groups, excluding NO2 is 1. The highest BCUT2D eigenvalue weighted by Gasteiger charge is 2.29. The highest BCUT2D eigenvalue weighted by atomic mass is 16.8. The molecule has 0 heterocycles. The molecule has 1 rings (SSSR count). The van der Waals surface area contributed by atoms with E-state index in [2.05, 4.69) is 5.18 Å². The molecule has 0 amide bonds. The molecule has 0 bridgehead atoms. The lowest BCUT2D eigenvalue weighted by molar-refractivity contribution is -0.711. The molecule has 0 aliphatic heterocycles. The third-order valence-corrected chi connectivity index (χ3v) is 1.50. The summed E-state index contributed by atoms with van der Waals surface area (Å²) in [7, 11) is 0. The van der Waals surface area contributed by atoms with Crippen molar-refractivity contribution in [2.24, 2.45) is 5.18 Å². The Hall–Kier alpha value is -2.58. The number of anilines is 1. The maximum absolute atomic E-state index is 10.3. The van der Waals surface area contributed by atoms with Crippen molar-refractivity contribution in [2.45, 2.75) is 0 Å². The highest BCUT2D eigenvalue weighted by Crippen LogP contribution is 2.19. The van der Waals surface area contributed by atoms with Crippen LogP contribution in [0.25, 0.3) is 0 Å². The summed E-state index contributed by atoms with van der Waals surface area (Å²) in [6.45, 7) is 0. The van der Waals surface area contributed by atoms with Gasteiger partial charge in [0.05, 0.1) is 0 Å². The molecule has 0 saturated carbocycles. The summed E-state index contributed by atoms with van der Waals surface area (Å²) in [4.78, 5) is 30.6. The van der Waals surface area contributed by atoms with E-state index in [1.54, 1.807) is 0 Å². The molecule has 78 valence electrons. The number of rotatable bonds is 4. The van der Waals surface area contributed by atoms with Gasteiger partial charge in [0.25, 0.3) is 0 Å². The third kappa shape index (κ3) is 2.21. The third-order valence-electron chi connectivity index (χ3n) is 1.50. The molecule has 1 aromatic carbocycles. The molecular weight excluding hydrogens is 208 g/mol. The lowest BCUT2D eigenvalue weighted by Gasteiger charge is -2.02. The van der Waals surface area contributed by atoms with E-state index >= 15 is 0 Å². The zero-order valence-corrected chi connectivity index (χ0v) is 7.14. The normalized spacial score (nSPS) is 9.33. The van der Waals surface area contributed by atoms with Crippen LogP contribution in [0.3, 0.4) is 0 Å². The predicted octanol–water partition coefficient (Wildman–Crippen LogP) is 1.27. The Labute approximate surface area is 82.1 Å². The second-order valence-electron chi connectivity index (χ2n) is 2.37. The van der Waals surface area contributed by atoms with Crippen LogP contribution >= 0.6 is 0 Å². The predicted molar refractivity (Wildman–Crippen MR) is 48.4 cm³/mol.